The van der Waals surface area contributed by atoms with Crippen LogP contribution in [0.2, 0.25) is 0 Å². The Morgan fingerprint density at radius 1 is 1.12 bits per heavy atom. The van der Waals surface area contributed by atoms with Crippen LogP contribution in [0.5, 0.6) is 5.88 Å². The molecule has 3 aromatic heterocycles. The van der Waals surface area contributed by atoms with E-state index in [-0.39, 0.29) is 18.2 Å². The Balaban J connectivity index is 1.68. The monoisotopic (exact) mass is 351 g/mol. The van der Waals surface area contributed by atoms with Crippen LogP contribution in [0, 0.1) is 5.82 Å². The van der Waals surface area contributed by atoms with Gasteiger partial charge in [-0.25, -0.2) is 19.3 Å². The number of fused-ring (bicyclic) bond motifs is 1. The van der Waals surface area contributed by atoms with Crippen LogP contribution in [-0.2, 0) is 19.4 Å². The van der Waals surface area contributed by atoms with Crippen molar-refractivity contribution in [1.29, 1.82) is 0 Å². The zero-order chi connectivity index (χ0) is 17.9. The number of pyridine rings is 2. The lowest BCUT2D eigenvalue weighted by Crippen LogP contribution is -2.10. The molecule has 0 bridgehead atoms. The molecule has 0 saturated carbocycles. The molecule has 2 N–H and O–H groups in total. The van der Waals surface area contributed by atoms with Gasteiger partial charge in [0.15, 0.2) is 0 Å². The number of nitrogens with zero attached hydrogens (tertiary/aromatic N) is 4. The molecule has 0 spiro atoms. The van der Waals surface area contributed by atoms with E-state index < -0.39 is 5.82 Å². The van der Waals surface area contributed by atoms with Gasteiger partial charge in [0, 0.05) is 35.9 Å². The highest BCUT2D eigenvalue weighted by atomic mass is 19.1. The van der Waals surface area contributed by atoms with Crippen molar-refractivity contribution in [2.45, 2.75) is 32.3 Å². The predicted molar refractivity (Wildman–Crippen MR) is 94.8 cm³/mol. The molecule has 0 aliphatic heterocycles. The van der Waals surface area contributed by atoms with Crippen molar-refractivity contribution in [2.75, 3.05) is 5.73 Å². The molecule has 0 atom stereocenters. The number of nitrogens with two attached hydrogens (primary N) is 1. The summed E-state index contributed by atoms with van der Waals surface area (Å²) in [7, 11) is 0. The summed E-state index contributed by atoms with van der Waals surface area (Å²) in [5, 5.41) is 0. The number of hydrogen-bond acceptors (Lipinski definition) is 6. The molecule has 132 valence electrons. The number of ether oxygens (including phenoxy) is 1. The molecule has 0 unspecified atom stereocenters. The molecule has 26 heavy (non-hydrogen) atoms. The summed E-state index contributed by atoms with van der Waals surface area (Å²) in [6, 6.07) is 4.78. The number of aromatic nitrogens is 4. The zero-order valence-corrected chi connectivity index (χ0v) is 14.2. The number of nitrogen functional groups attached to an aromatic ring is 1. The molecule has 0 fully saturated rings. The third kappa shape index (κ3) is 3.33. The lowest BCUT2D eigenvalue weighted by molar-refractivity contribution is 0.281. The minimum Gasteiger partial charge on any atom is -0.471 e. The fourth-order valence-electron chi connectivity index (χ4n) is 3.15. The Labute approximate surface area is 150 Å². The quantitative estimate of drug-likeness (QED) is 0.777. The molecule has 7 heteroatoms. The van der Waals surface area contributed by atoms with Crippen LogP contribution in [0.4, 0.5) is 10.3 Å². The van der Waals surface area contributed by atoms with Crippen LogP contribution < -0.4 is 10.5 Å². The molecule has 4 rings (SSSR count). The van der Waals surface area contributed by atoms with Gasteiger partial charge in [0.2, 0.25) is 11.8 Å². The standard InChI is InChI=1S/C19H18FN5O/c20-15-5-3-7-22-17(15)11-26-18-8-14(12-9-23-19(21)24-10-12)13-4-1-2-6-16(13)25-18/h3,5,7-10H,1-2,4,6,11H2,(H2,21,23,24). The van der Waals surface area contributed by atoms with Gasteiger partial charge >= 0.3 is 0 Å². The first-order chi connectivity index (χ1) is 12.7. The topological polar surface area (TPSA) is 86.8 Å². The summed E-state index contributed by atoms with van der Waals surface area (Å²) in [5.41, 5.74) is 9.92. The van der Waals surface area contributed by atoms with Gasteiger partial charge in [-0.3, -0.25) is 4.98 Å². The van der Waals surface area contributed by atoms with E-state index in [1.165, 1.54) is 11.6 Å². The lowest BCUT2D eigenvalue weighted by atomic mass is 9.90. The third-order valence-electron chi connectivity index (χ3n) is 4.45. The van der Waals surface area contributed by atoms with Gasteiger partial charge in [-0.1, -0.05) is 0 Å². The van der Waals surface area contributed by atoms with Crippen molar-refractivity contribution in [3.63, 3.8) is 0 Å². The van der Waals surface area contributed by atoms with Crippen LogP contribution in [0.3, 0.4) is 0 Å². The van der Waals surface area contributed by atoms with Crippen molar-refractivity contribution in [2.24, 2.45) is 0 Å². The summed E-state index contributed by atoms with van der Waals surface area (Å²) >= 11 is 0. The largest absolute Gasteiger partial charge is 0.471 e. The molecular weight excluding hydrogens is 333 g/mol. The highest BCUT2D eigenvalue weighted by Crippen LogP contribution is 2.33. The second-order valence-electron chi connectivity index (χ2n) is 6.19. The zero-order valence-electron chi connectivity index (χ0n) is 14.2. The van der Waals surface area contributed by atoms with E-state index in [0.717, 1.165) is 42.5 Å². The highest BCUT2D eigenvalue weighted by Gasteiger charge is 2.19. The first kappa shape index (κ1) is 16.4. The average Bonchev–Trinajstić information content (AvgIpc) is 2.67. The van der Waals surface area contributed by atoms with Gasteiger partial charge in [0.1, 0.15) is 18.1 Å². The van der Waals surface area contributed by atoms with E-state index in [2.05, 4.69) is 19.9 Å². The molecule has 6 nitrogen and oxygen atoms in total. The van der Waals surface area contributed by atoms with Crippen LogP contribution in [0.1, 0.15) is 29.8 Å². The molecular formula is C19H18FN5O. The third-order valence-corrected chi connectivity index (χ3v) is 4.45. The Morgan fingerprint density at radius 3 is 2.73 bits per heavy atom. The van der Waals surface area contributed by atoms with E-state index in [1.54, 1.807) is 24.7 Å². The molecule has 3 heterocycles. The molecule has 0 radical (unpaired) electrons. The number of anilines is 1. The first-order valence-electron chi connectivity index (χ1n) is 8.53. The van der Waals surface area contributed by atoms with E-state index in [4.69, 9.17) is 10.5 Å². The summed E-state index contributed by atoms with van der Waals surface area (Å²) in [4.78, 5) is 16.8. The summed E-state index contributed by atoms with van der Waals surface area (Å²) in [5.74, 6) is 0.291. The van der Waals surface area contributed by atoms with Crippen molar-refractivity contribution in [3.8, 4) is 17.0 Å². The summed E-state index contributed by atoms with van der Waals surface area (Å²) in [6.07, 6.45) is 9.01. The molecule has 0 saturated heterocycles. The Kier molecular flexibility index (Phi) is 4.43. The second kappa shape index (κ2) is 7.03. The van der Waals surface area contributed by atoms with Gasteiger partial charge < -0.3 is 10.5 Å². The van der Waals surface area contributed by atoms with Gasteiger partial charge in [-0.15, -0.1) is 0 Å². The average molecular weight is 351 g/mol. The fourth-order valence-corrected chi connectivity index (χ4v) is 3.15. The van der Waals surface area contributed by atoms with Gasteiger partial charge in [0.25, 0.3) is 0 Å². The molecule has 0 aromatic carbocycles. The Morgan fingerprint density at radius 2 is 1.92 bits per heavy atom. The second-order valence-corrected chi connectivity index (χ2v) is 6.19. The number of hydrogen-bond donors (Lipinski definition) is 1. The van der Waals surface area contributed by atoms with E-state index >= 15 is 0 Å². The minimum absolute atomic E-state index is 0.0239. The number of rotatable bonds is 4. The molecule has 3 aromatic rings. The Hall–Kier alpha value is -3.09. The van der Waals surface area contributed by atoms with Crippen molar-refractivity contribution in [3.05, 3.63) is 59.6 Å². The summed E-state index contributed by atoms with van der Waals surface area (Å²) < 4.78 is 19.5. The van der Waals surface area contributed by atoms with Crippen molar-refractivity contribution in [1.82, 2.24) is 19.9 Å². The number of aryl methyl sites for hydroxylation is 1. The van der Waals surface area contributed by atoms with E-state index in [1.807, 2.05) is 6.07 Å². The van der Waals surface area contributed by atoms with Crippen LogP contribution in [0.15, 0.2) is 36.8 Å². The van der Waals surface area contributed by atoms with Crippen LogP contribution >= 0.6 is 0 Å². The van der Waals surface area contributed by atoms with Crippen LogP contribution in [0.25, 0.3) is 11.1 Å². The number of halogens is 1. The maximum Gasteiger partial charge on any atom is 0.219 e. The van der Waals surface area contributed by atoms with Crippen molar-refractivity contribution < 1.29 is 9.13 Å². The van der Waals surface area contributed by atoms with E-state index in [9.17, 15) is 4.39 Å². The first-order valence-corrected chi connectivity index (χ1v) is 8.53. The lowest BCUT2D eigenvalue weighted by Gasteiger charge is -2.20. The predicted octanol–water partition coefficient (Wildman–Crippen LogP) is 3.11. The Bertz CT molecular complexity index is 930. The molecule has 1 aliphatic rings. The maximum absolute atomic E-state index is 13.8. The van der Waals surface area contributed by atoms with Crippen molar-refractivity contribution >= 4 is 5.95 Å². The van der Waals surface area contributed by atoms with Gasteiger partial charge in [-0.2, -0.15) is 0 Å². The van der Waals surface area contributed by atoms with E-state index in [0.29, 0.717) is 5.88 Å². The fraction of sp³-hybridized carbons (Fsp3) is 0.263. The SMILES string of the molecule is Nc1ncc(-c2cc(OCc3ncccc3F)nc3c2CCCC3)cn1. The summed E-state index contributed by atoms with van der Waals surface area (Å²) in [6.45, 7) is 0.0239. The minimum atomic E-state index is -0.391. The van der Waals surface area contributed by atoms with Gasteiger partial charge in [-0.05, 0) is 48.9 Å². The van der Waals surface area contributed by atoms with Crippen LogP contribution in [-0.4, -0.2) is 19.9 Å². The van der Waals surface area contributed by atoms with Gasteiger partial charge in [0.05, 0.1) is 0 Å². The highest BCUT2D eigenvalue weighted by molar-refractivity contribution is 5.68. The molecule has 0 amide bonds. The normalized spacial score (nSPS) is 13.3. The smallest absolute Gasteiger partial charge is 0.219 e. The molecule has 1 aliphatic carbocycles. The maximum atomic E-state index is 13.8.